The second-order valence-electron chi connectivity index (χ2n) is 6.22. The van der Waals surface area contributed by atoms with Crippen molar-refractivity contribution in [2.75, 3.05) is 17.7 Å². The fourth-order valence-corrected chi connectivity index (χ4v) is 2.88. The Morgan fingerprint density at radius 2 is 1.90 bits per heavy atom. The first kappa shape index (κ1) is 20.2. The number of hydrogen-bond acceptors (Lipinski definition) is 6. The number of carbonyl (C=O) groups is 1. The number of amides is 2. The number of aromatic nitrogens is 4. The van der Waals surface area contributed by atoms with E-state index in [4.69, 9.17) is 21.1 Å². The molecule has 31 heavy (non-hydrogen) atoms. The maximum atomic E-state index is 12.3. The summed E-state index contributed by atoms with van der Waals surface area (Å²) in [5, 5.41) is 10.1. The number of urea groups is 1. The average Bonchev–Trinajstić information content (AvgIpc) is 3.31. The molecule has 4 aromatic rings. The molecule has 0 saturated heterocycles. The molecule has 9 nitrogen and oxygen atoms in total. The standard InChI is InChI=1S/C21H17ClN6O3/c1-30-18-8-3-14(22)11-17(18)27-21(29)26-15-4-6-16(7-5-15)31-20-12-19(23-13-24-20)28-10-2-9-25-28/h2-13H,1H3,(H2,26,27,29). The molecule has 0 saturated carbocycles. The minimum absolute atomic E-state index is 0.368. The van der Waals surface area contributed by atoms with E-state index in [0.717, 1.165) is 0 Å². The van der Waals surface area contributed by atoms with E-state index in [0.29, 0.717) is 39.6 Å². The summed E-state index contributed by atoms with van der Waals surface area (Å²) in [7, 11) is 1.51. The largest absolute Gasteiger partial charge is 0.495 e. The SMILES string of the molecule is COc1ccc(Cl)cc1NC(=O)Nc1ccc(Oc2cc(-n3cccn3)ncn2)cc1. The molecule has 2 N–H and O–H groups in total. The lowest BCUT2D eigenvalue weighted by molar-refractivity contribution is 0.262. The van der Waals surface area contributed by atoms with Gasteiger partial charge in [0.25, 0.3) is 0 Å². The summed E-state index contributed by atoms with van der Waals surface area (Å²) in [6, 6.07) is 14.8. The van der Waals surface area contributed by atoms with Gasteiger partial charge in [0.2, 0.25) is 5.88 Å². The molecule has 0 spiro atoms. The highest BCUT2D eigenvalue weighted by atomic mass is 35.5. The van der Waals surface area contributed by atoms with Crippen LogP contribution in [0.2, 0.25) is 5.02 Å². The summed E-state index contributed by atoms with van der Waals surface area (Å²) in [5.41, 5.74) is 1.04. The Morgan fingerprint density at radius 1 is 1.06 bits per heavy atom. The van der Waals surface area contributed by atoms with E-state index < -0.39 is 6.03 Å². The lowest BCUT2D eigenvalue weighted by Gasteiger charge is -2.12. The average molecular weight is 437 g/mol. The molecule has 0 aliphatic carbocycles. The van der Waals surface area contributed by atoms with E-state index >= 15 is 0 Å². The van der Waals surface area contributed by atoms with E-state index in [2.05, 4.69) is 25.7 Å². The lowest BCUT2D eigenvalue weighted by atomic mass is 10.3. The van der Waals surface area contributed by atoms with Gasteiger partial charge < -0.3 is 20.1 Å². The van der Waals surface area contributed by atoms with E-state index in [1.807, 2.05) is 0 Å². The Balaban J connectivity index is 1.39. The van der Waals surface area contributed by atoms with Crippen molar-refractivity contribution in [2.24, 2.45) is 0 Å². The molecule has 0 fully saturated rings. The molecule has 0 bridgehead atoms. The van der Waals surface area contributed by atoms with Gasteiger partial charge in [0.15, 0.2) is 5.82 Å². The molecule has 156 valence electrons. The second-order valence-corrected chi connectivity index (χ2v) is 6.65. The Labute approximate surface area is 182 Å². The molecule has 0 aliphatic rings. The Kier molecular flexibility index (Phi) is 5.95. The third kappa shape index (κ3) is 5.09. The molecule has 4 rings (SSSR count). The van der Waals surface area contributed by atoms with Crippen LogP contribution in [0.3, 0.4) is 0 Å². The number of carbonyl (C=O) groups excluding carboxylic acids is 1. The van der Waals surface area contributed by atoms with Gasteiger partial charge >= 0.3 is 6.03 Å². The van der Waals surface area contributed by atoms with Crippen molar-refractivity contribution in [3.63, 3.8) is 0 Å². The number of methoxy groups -OCH3 is 1. The van der Waals surface area contributed by atoms with Crippen LogP contribution in [0.1, 0.15) is 0 Å². The minimum atomic E-state index is -0.436. The number of hydrogen-bond donors (Lipinski definition) is 2. The Morgan fingerprint density at radius 3 is 2.65 bits per heavy atom. The van der Waals surface area contributed by atoms with Crippen LogP contribution < -0.4 is 20.1 Å². The van der Waals surface area contributed by atoms with Crippen LogP contribution in [0.15, 0.2) is 73.3 Å². The number of halogens is 1. The summed E-state index contributed by atoms with van der Waals surface area (Å²) < 4.78 is 12.6. The van der Waals surface area contributed by atoms with Crippen molar-refractivity contribution < 1.29 is 14.3 Å². The van der Waals surface area contributed by atoms with Crippen LogP contribution in [-0.4, -0.2) is 32.9 Å². The second kappa shape index (κ2) is 9.14. The van der Waals surface area contributed by atoms with Crippen molar-refractivity contribution in [3.05, 3.63) is 78.3 Å². The van der Waals surface area contributed by atoms with Gasteiger partial charge in [0.1, 0.15) is 17.8 Å². The molecular formula is C21H17ClN6O3. The Bertz CT molecular complexity index is 1180. The van der Waals surface area contributed by atoms with Crippen molar-refractivity contribution in [3.8, 4) is 23.2 Å². The van der Waals surface area contributed by atoms with E-state index in [1.54, 1.807) is 71.7 Å². The highest BCUT2D eigenvalue weighted by Gasteiger charge is 2.09. The molecule has 0 atom stereocenters. The predicted octanol–water partition coefficient (Wildman–Crippen LogP) is 4.76. The number of nitrogens with zero attached hydrogens (tertiary/aromatic N) is 4. The van der Waals surface area contributed by atoms with Gasteiger partial charge in [-0.05, 0) is 48.5 Å². The van der Waals surface area contributed by atoms with Crippen LogP contribution in [-0.2, 0) is 0 Å². The maximum absolute atomic E-state index is 12.3. The third-order valence-electron chi connectivity index (χ3n) is 4.11. The third-order valence-corrected chi connectivity index (χ3v) is 4.35. The van der Waals surface area contributed by atoms with Crippen LogP contribution >= 0.6 is 11.6 Å². The molecular weight excluding hydrogens is 420 g/mol. The first-order valence-electron chi connectivity index (χ1n) is 9.12. The molecule has 2 aromatic carbocycles. The van der Waals surface area contributed by atoms with Gasteiger partial charge in [-0.1, -0.05) is 11.6 Å². The van der Waals surface area contributed by atoms with Gasteiger partial charge in [0.05, 0.1) is 12.8 Å². The number of ether oxygens (including phenoxy) is 2. The number of nitrogens with one attached hydrogen (secondary N) is 2. The zero-order valence-corrected chi connectivity index (χ0v) is 17.1. The van der Waals surface area contributed by atoms with Gasteiger partial charge in [0, 0.05) is 29.2 Å². The first-order valence-corrected chi connectivity index (χ1v) is 9.50. The zero-order chi connectivity index (χ0) is 21.6. The monoisotopic (exact) mass is 436 g/mol. The fourth-order valence-electron chi connectivity index (χ4n) is 2.70. The summed E-state index contributed by atoms with van der Waals surface area (Å²) >= 11 is 5.99. The summed E-state index contributed by atoms with van der Waals surface area (Å²) in [5.74, 6) is 2.00. The fraction of sp³-hybridized carbons (Fsp3) is 0.0476. The molecule has 2 amide bonds. The minimum Gasteiger partial charge on any atom is -0.495 e. The predicted molar refractivity (Wildman–Crippen MR) is 116 cm³/mol. The molecule has 2 aromatic heterocycles. The van der Waals surface area contributed by atoms with Gasteiger partial charge in [-0.15, -0.1) is 0 Å². The van der Waals surface area contributed by atoms with Crippen molar-refractivity contribution in [1.29, 1.82) is 0 Å². The number of rotatable bonds is 6. The van der Waals surface area contributed by atoms with Crippen molar-refractivity contribution in [2.45, 2.75) is 0 Å². The van der Waals surface area contributed by atoms with Crippen LogP contribution in [0, 0.1) is 0 Å². The number of anilines is 2. The first-order chi connectivity index (χ1) is 15.1. The van der Waals surface area contributed by atoms with Crippen LogP contribution in [0.5, 0.6) is 17.4 Å². The summed E-state index contributed by atoms with van der Waals surface area (Å²) in [6.07, 6.45) is 4.83. The topological polar surface area (TPSA) is 103 Å². The summed E-state index contributed by atoms with van der Waals surface area (Å²) in [4.78, 5) is 20.6. The van der Waals surface area contributed by atoms with E-state index in [9.17, 15) is 4.79 Å². The number of benzene rings is 2. The lowest BCUT2D eigenvalue weighted by Crippen LogP contribution is -2.19. The van der Waals surface area contributed by atoms with Crippen LogP contribution in [0.4, 0.5) is 16.2 Å². The molecule has 0 unspecified atom stereocenters. The van der Waals surface area contributed by atoms with Crippen LogP contribution in [0.25, 0.3) is 5.82 Å². The summed E-state index contributed by atoms with van der Waals surface area (Å²) in [6.45, 7) is 0. The van der Waals surface area contributed by atoms with Gasteiger partial charge in [-0.2, -0.15) is 5.10 Å². The zero-order valence-electron chi connectivity index (χ0n) is 16.3. The quantitative estimate of drug-likeness (QED) is 0.451. The molecule has 2 heterocycles. The molecule has 0 aliphatic heterocycles. The van der Waals surface area contributed by atoms with Gasteiger partial charge in [-0.25, -0.2) is 19.4 Å². The highest BCUT2D eigenvalue weighted by Crippen LogP contribution is 2.28. The normalized spacial score (nSPS) is 10.4. The van der Waals surface area contributed by atoms with Crippen molar-refractivity contribution in [1.82, 2.24) is 19.7 Å². The maximum Gasteiger partial charge on any atom is 0.323 e. The smallest absolute Gasteiger partial charge is 0.323 e. The molecule has 10 heteroatoms. The van der Waals surface area contributed by atoms with Crippen molar-refractivity contribution >= 4 is 29.0 Å². The van der Waals surface area contributed by atoms with Gasteiger partial charge in [-0.3, -0.25) is 0 Å². The highest BCUT2D eigenvalue weighted by molar-refractivity contribution is 6.31. The Hall–Kier alpha value is -4.11. The molecule has 0 radical (unpaired) electrons. The van der Waals surface area contributed by atoms with E-state index in [-0.39, 0.29) is 0 Å². The van der Waals surface area contributed by atoms with E-state index in [1.165, 1.54) is 13.4 Å².